The minimum Gasteiger partial charge on any atom is -0.310 e. The lowest BCUT2D eigenvalue weighted by Gasteiger charge is -2.41. The Kier molecular flexibility index (Phi) is 7.46. The van der Waals surface area contributed by atoms with Crippen LogP contribution in [-0.2, 0) is 5.41 Å². The summed E-state index contributed by atoms with van der Waals surface area (Å²) in [6.07, 6.45) is 0. The van der Waals surface area contributed by atoms with Gasteiger partial charge in [-0.2, -0.15) is 0 Å². The second-order valence-corrected chi connectivity index (χ2v) is 17.4. The molecule has 11 aromatic rings. The molecule has 2 aliphatic carbocycles. The van der Waals surface area contributed by atoms with E-state index in [2.05, 4.69) is 229 Å². The van der Waals surface area contributed by atoms with Crippen molar-refractivity contribution in [3.8, 4) is 44.5 Å². The van der Waals surface area contributed by atoms with Crippen LogP contribution >= 0.6 is 11.3 Å². The molecule has 61 heavy (non-hydrogen) atoms. The van der Waals surface area contributed by atoms with Crippen molar-refractivity contribution in [2.45, 2.75) is 5.41 Å². The molecule has 0 amide bonds. The van der Waals surface area contributed by atoms with Gasteiger partial charge in [0.25, 0.3) is 0 Å². The predicted octanol–water partition coefficient (Wildman–Crippen LogP) is 16.4. The summed E-state index contributed by atoms with van der Waals surface area (Å²) in [6, 6.07) is 83.8. The predicted molar refractivity (Wildman–Crippen MR) is 259 cm³/mol. The summed E-state index contributed by atoms with van der Waals surface area (Å²) >= 11 is 1.86. The molecule has 284 valence electrons. The van der Waals surface area contributed by atoms with E-state index in [4.69, 9.17) is 0 Å². The standard InChI is InChI=1S/C59H37NS/c1-3-16-38(17-4-1)43-21-9-13-28-54(43)60(41-32-35-56-50(36-41)48-24-10-14-29-55(48)61-56)42-31-34-47-45-22-7-11-26-51(45)59(53(47)37-42)52-27-12-8-23-46(52)49-25-15-20-40-30-33-44(58(59)57(40)49)39-18-5-2-6-19-39/h1-37H. The number of thiophene rings is 1. The molecule has 1 spiro atoms. The molecule has 1 heterocycles. The highest BCUT2D eigenvalue weighted by atomic mass is 32.1. The van der Waals surface area contributed by atoms with Crippen LogP contribution in [0.5, 0.6) is 0 Å². The van der Waals surface area contributed by atoms with Gasteiger partial charge in [-0.3, -0.25) is 0 Å². The van der Waals surface area contributed by atoms with Crippen LogP contribution in [0.2, 0.25) is 0 Å². The Labute approximate surface area is 359 Å². The summed E-state index contributed by atoms with van der Waals surface area (Å²) in [6.45, 7) is 0. The van der Waals surface area contributed by atoms with Gasteiger partial charge in [-0.05, 0) is 114 Å². The molecule has 0 N–H and O–H groups in total. The van der Waals surface area contributed by atoms with Crippen molar-refractivity contribution in [1.29, 1.82) is 0 Å². The molecule has 10 aromatic carbocycles. The number of rotatable bonds is 5. The van der Waals surface area contributed by atoms with Crippen molar-refractivity contribution >= 4 is 59.3 Å². The van der Waals surface area contributed by atoms with Crippen molar-refractivity contribution < 1.29 is 0 Å². The fraction of sp³-hybridized carbons (Fsp3) is 0.0169. The largest absolute Gasteiger partial charge is 0.310 e. The van der Waals surface area contributed by atoms with E-state index in [0.29, 0.717) is 0 Å². The van der Waals surface area contributed by atoms with Crippen molar-refractivity contribution in [1.82, 2.24) is 0 Å². The molecule has 0 aliphatic heterocycles. The lowest BCUT2D eigenvalue weighted by atomic mass is 9.60. The molecule has 1 unspecified atom stereocenters. The van der Waals surface area contributed by atoms with Gasteiger partial charge in [-0.25, -0.2) is 0 Å². The van der Waals surface area contributed by atoms with Gasteiger partial charge in [0.2, 0.25) is 0 Å². The molecule has 0 saturated heterocycles. The van der Waals surface area contributed by atoms with Gasteiger partial charge < -0.3 is 4.90 Å². The Morgan fingerprint density at radius 2 is 0.902 bits per heavy atom. The number of hydrogen-bond acceptors (Lipinski definition) is 2. The number of benzene rings is 10. The first-order valence-corrected chi connectivity index (χ1v) is 21.9. The highest BCUT2D eigenvalue weighted by Gasteiger charge is 2.51. The zero-order chi connectivity index (χ0) is 40.1. The minimum atomic E-state index is -0.601. The van der Waals surface area contributed by atoms with E-state index < -0.39 is 5.41 Å². The van der Waals surface area contributed by atoms with Gasteiger partial charge in [0, 0.05) is 37.1 Å². The van der Waals surface area contributed by atoms with Gasteiger partial charge in [0.05, 0.1) is 11.1 Å². The zero-order valence-electron chi connectivity index (χ0n) is 33.2. The first-order chi connectivity index (χ1) is 30.3. The second-order valence-electron chi connectivity index (χ2n) is 16.3. The Bertz CT molecular complexity index is 3550. The van der Waals surface area contributed by atoms with E-state index in [1.807, 2.05) is 11.3 Å². The fourth-order valence-electron chi connectivity index (χ4n) is 10.8. The number of hydrogen-bond donors (Lipinski definition) is 0. The van der Waals surface area contributed by atoms with E-state index in [0.717, 1.165) is 17.1 Å². The molecule has 2 aliphatic rings. The van der Waals surface area contributed by atoms with Crippen molar-refractivity contribution in [3.63, 3.8) is 0 Å². The number of anilines is 3. The van der Waals surface area contributed by atoms with Crippen LogP contribution in [-0.4, -0.2) is 0 Å². The molecule has 1 aromatic heterocycles. The lowest BCUT2D eigenvalue weighted by molar-refractivity contribution is 0.775. The highest BCUT2D eigenvalue weighted by molar-refractivity contribution is 7.25. The summed E-state index contributed by atoms with van der Waals surface area (Å²) in [5.41, 5.74) is 18.1. The third kappa shape index (κ3) is 4.88. The molecule has 1 atom stereocenters. The Morgan fingerprint density at radius 3 is 1.69 bits per heavy atom. The van der Waals surface area contributed by atoms with Crippen molar-refractivity contribution in [2.24, 2.45) is 0 Å². The van der Waals surface area contributed by atoms with Gasteiger partial charge >= 0.3 is 0 Å². The summed E-state index contributed by atoms with van der Waals surface area (Å²) in [4.78, 5) is 2.51. The first-order valence-electron chi connectivity index (χ1n) is 21.1. The van der Waals surface area contributed by atoms with Gasteiger partial charge in [-0.1, -0.05) is 182 Å². The first kappa shape index (κ1) is 34.4. The summed E-state index contributed by atoms with van der Waals surface area (Å²) in [7, 11) is 0. The van der Waals surface area contributed by atoms with Crippen LogP contribution < -0.4 is 4.90 Å². The Hall–Kier alpha value is -7.52. The lowest BCUT2D eigenvalue weighted by Crippen LogP contribution is -2.32. The van der Waals surface area contributed by atoms with Crippen molar-refractivity contribution in [2.75, 3.05) is 4.90 Å². The SMILES string of the molecule is c1ccc(-c2ccccc2N(c2ccc3c(c2)C2(c4ccccc4-3)c3ccccc3-c3cccc4ccc(-c5ccccc5)c2c34)c2ccc3sc4ccccc4c3c2)cc1. The maximum Gasteiger partial charge on any atom is 0.0732 e. The van der Waals surface area contributed by atoms with Crippen molar-refractivity contribution in [3.05, 3.63) is 247 Å². The van der Waals surface area contributed by atoms with Crippen LogP contribution in [0, 0.1) is 0 Å². The zero-order valence-corrected chi connectivity index (χ0v) is 34.0. The van der Waals surface area contributed by atoms with Crippen LogP contribution in [0.1, 0.15) is 22.3 Å². The van der Waals surface area contributed by atoms with Gasteiger partial charge in [-0.15, -0.1) is 11.3 Å². The molecule has 0 fully saturated rings. The monoisotopic (exact) mass is 791 g/mol. The second kappa shape index (κ2) is 13.2. The minimum absolute atomic E-state index is 0.601. The average Bonchev–Trinajstić information content (AvgIpc) is 3.84. The maximum atomic E-state index is 2.53. The van der Waals surface area contributed by atoms with E-state index in [-0.39, 0.29) is 0 Å². The van der Waals surface area contributed by atoms with Gasteiger partial charge in [0.1, 0.15) is 0 Å². The van der Waals surface area contributed by atoms with E-state index in [1.165, 1.54) is 97.7 Å². The van der Waals surface area contributed by atoms with Crippen LogP contribution in [0.15, 0.2) is 224 Å². The van der Waals surface area contributed by atoms with E-state index >= 15 is 0 Å². The van der Waals surface area contributed by atoms with Crippen LogP contribution in [0.25, 0.3) is 75.5 Å². The van der Waals surface area contributed by atoms with Crippen LogP contribution in [0.3, 0.4) is 0 Å². The molecule has 1 nitrogen and oxygen atoms in total. The Morgan fingerprint density at radius 1 is 0.344 bits per heavy atom. The molecule has 0 saturated carbocycles. The molecule has 0 radical (unpaired) electrons. The third-order valence-electron chi connectivity index (χ3n) is 13.3. The average molecular weight is 792 g/mol. The normalized spacial score (nSPS) is 14.6. The highest BCUT2D eigenvalue weighted by Crippen LogP contribution is 2.64. The number of para-hydroxylation sites is 1. The number of fused-ring (bicyclic) bond motifs is 12. The maximum absolute atomic E-state index is 2.53. The van der Waals surface area contributed by atoms with E-state index in [1.54, 1.807) is 0 Å². The summed E-state index contributed by atoms with van der Waals surface area (Å²) in [5.74, 6) is 0. The topological polar surface area (TPSA) is 3.24 Å². The number of nitrogens with zero attached hydrogens (tertiary/aromatic N) is 1. The molecular weight excluding hydrogens is 755 g/mol. The Balaban J connectivity index is 1.16. The smallest absolute Gasteiger partial charge is 0.0732 e. The van der Waals surface area contributed by atoms with Gasteiger partial charge in [0.15, 0.2) is 0 Å². The quantitative estimate of drug-likeness (QED) is 0.168. The van der Waals surface area contributed by atoms with E-state index in [9.17, 15) is 0 Å². The fourth-order valence-corrected chi connectivity index (χ4v) is 11.9. The molecule has 0 bridgehead atoms. The molecule has 2 heteroatoms. The summed E-state index contributed by atoms with van der Waals surface area (Å²) < 4.78 is 2.60. The third-order valence-corrected chi connectivity index (χ3v) is 14.4. The summed E-state index contributed by atoms with van der Waals surface area (Å²) in [5, 5.41) is 5.17. The van der Waals surface area contributed by atoms with Crippen LogP contribution in [0.4, 0.5) is 17.1 Å². The molecule has 13 rings (SSSR count). The molecular formula is C59H37NS.